The summed E-state index contributed by atoms with van der Waals surface area (Å²) < 4.78 is 13.3. The Morgan fingerprint density at radius 1 is 1.06 bits per heavy atom. The molecule has 0 aromatic heterocycles. The van der Waals surface area contributed by atoms with Crippen LogP contribution in [0.4, 0.5) is 17.1 Å². The van der Waals surface area contributed by atoms with Crippen LogP contribution >= 0.6 is 45.2 Å². The Morgan fingerprint density at radius 2 is 1.76 bits per heavy atom. The third-order valence-electron chi connectivity index (χ3n) is 5.11. The lowest BCUT2D eigenvalue weighted by Crippen LogP contribution is -2.36. The summed E-state index contributed by atoms with van der Waals surface area (Å²) in [6.07, 6.45) is 1.85. The van der Waals surface area contributed by atoms with Crippen LogP contribution in [0.15, 0.2) is 65.7 Å². The summed E-state index contributed by atoms with van der Waals surface area (Å²) in [5.41, 5.74) is 3.87. The van der Waals surface area contributed by atoms with Crippen molar-refractivity contribution in [3.05, 3.63) is 89.0 Å². The molecule has 3 aromatic rings. The molecule has 1 fully saturated rings. The Hall–Kier alpha value is -2.25. The number of anilines is 1. The van der Waals surface area contributed by atoms with Gasteiger partial charge in [0.15, 0.2) is 0 Å². The highest BCUT2D eigenvalue weighted by Gasteiger charge is 2.12. The number of hydrogen-bond donors (Lipinski definition) is 0. The van der Waals surface area contributed by atoms with Crippen molar-refractivity contribution >= 4 is 68.5 Å². The van der Waals surface area contributed by atoms with Crippen molar-refractivity contribution in [3.8, 4) is 5.75 Å². The Labute approximate surface area is 219 Å². The molecule has 0 bridgehead atoms. The van der Waals surface area contributed by atoms with Gasteiger partial charge in [-0.2, -0.15) is 0 Å². The molecule has 170 valence electrons. The van der Waals surface area contributed by atoms with Crippen molar-refractivity contribution in [1.82, 2.24) is 0 Å². The van der Waals surface area contributed by atoms with Crippen molar-refractivity contribution in [2.24, 2.45) is 4.99 Å². The van der Waals surface area contributed by atoms with E-state index < -0.39 is 4.92 Å². The van der Waals surface area contributed by atoms with Crippen LogP contribution in [0.2, 0.25) is 0 Å². The third-order valence-corrected chi connectivity index (χ3v) is 6.72. The van der Waals surface area contributed by atoms with Crippen LogP contribution in [-0.2, 0) is 11.3 Å². The number of ether oxygens (including phenoxy) is 2. The number of hydrogen-bond acceptors (Lipinski definition) is 6. The first-order chi connectivity index (χ1) is 16.0. The predicted molar refractivity (Wildman–Crippen MR) is 146 cm³/mol. The summed E-state index contributed by atoms with van der Waals surface area (Å²) in [7, 11) is 0. The molecule has 1 aliphatic heterocycles. The molecule has 1 aliphatic rings. The minimum atomic E-state index is -0.401. The van der Waals surface area contributed by atoms with E-state index in [1.165, 1.54) is 17.8 Å². The molecule has 0 N–H and O–H groups in total. The van der Waals surface area contributed by atoms with Crippen molar-refractivity contribution in [1.29, 1.82) is 0 Å². The van der Waals surface area contributed by atoms with Gasteiger partial charge in [0, 0.05) is 37.1 Å². The van der Waals surface area contributed by atoms with Gasteiger partial charge >= 0.3 is 0 Å². The zero-order valence-electron chi connectivity index (χ0n) is 17.6. The number of benzene rings is 3. The van der Waals surface area contributed by atoms with E-state index in [0.29, 0.717) is 0 Å². The minimum Gasteiger partial charge on any atom is -0.487 e. The summed E-state index contributed by atoms with van der Waals surface area (Å²) in [5.74, 6) is 0.759. The summed E-state index contributed by atoms with van der Waals surface area (Å²) >= 11 is 4.48. The normalized spacial score (nSPS) is 13.9. The second-order valence-corrected chi connectivity index (χ2v) is 9.73. The topological polar surface area (TPSA) is 77.2 Å². The van der Waals surface area contributed by atoms with Gasteiger partial charge in [0.2, 0.25) is 0 Å². The van der Waals surface area contributed by atoms with Crippen molar-refractivity contribution in [2.45, 2.75) is 6.61 Å². The van der Waals surface area contributed by atoms with Gasteiger partial charge in [0.1, 0.15) is 12.4 Å². The molecule has 4 rings (SSSR count). The summed E-state index contributed by atoms with van der Waals surface area (Å²) in [6.45, 7) is 3.62. The van der Waals surface area contributed by atoms with E-state index in [4.69, 9.17) is 9.47 Å². The zero-order chi connectivity index (χ0) is 23.2. The maximum Gasteiger partial charge on any atom is 0.269 e. The highest BCUT2D eigenvalue weighted by Crippen LogP contribution is 2.30. The molecule has 0 radical (unpaired) electrons. The Morgan fingerprint density at radius 3 is 2.42 bits per heavy atom. The lowest BCUT2D eigenvalue weighted by molar-refractivity contribution is -0.384. The Balaban J connectivity index is 1.42. The van der Waals surface area contributed by atoms with E-state index in [9.17, 15) is 10.1 Å². The highest BCUT2D eigenvalue weighted by atomic mass is 127. The number of nitrogens with zero attached hydrogens (tertiary/aromatic N) is 3. The molecule has 0 spiro atoms. The molecule has 7 nitrogen and oxygen atoms in total. The van der Waals surface area contributed by atoms with Crippen molar-refractivity contribution in [3.63, 3.8) is 0 Å². The number of nitro benzene ring substituents is 1. The van der Waals surface area contributed by atoms with Crippen LogP contribution in [0.5, 0.6) is 5.75 Å². The SMILES string of the molecule is O=[N+]([O-])c1cccc(COc2c(I)cc(C=Nc3ccc(N4CCOCC4)cc3)cc2I)c1. The zero-order valence-corrected chi connectivity index (χ0v) is 21.9. The quantitative estimate of drug-likeness (QED) is 0.134. The van der Waals surface area contributed by atoms with Gasteiger partial charge in [-0.25, -0.2) is 0 Å². The highest BCUT2D eigenvalue weighted by molar-refractivity contribution is 14.1. The maximum atomic E-state index is 11.0. The number of nitro groups is 1. The van der Waals surface area contributed by atoms with Gasteiger partial charge < -0.3 is 14.4 Å². The first kappa shape index (κ1) is 23.9. The van der Waals surface area contributed by atoms with Crippen LogP contribution in [0.25, 0.3) is 0 Å². The fourth-order valence-corrected chi connectivity index (χ4v) is 5.56. The first-order valence-electron chi connectivity index (χ1n) is 10.3. The summed E-state index contributed by atoms with van der Waals surface area (Å²) in [6, 6.07) is 18.7. The van der Waals surface area contributed by atoms with E-state index >= 15 is 0 Å². The molecule has 0 amide bonds. The summed E-state index contributed by atoms with van der Waals surface area (Å²) in [5, 5.41) is 11.0. The number of aliphatic imine (C=N–C) groups is 1. The van der Waals surface area contributed by atoms with Crippen LogP contribution in [0.1, 0.15) is 11.1 Å². The molecule has 33 heavy (non-hydrogen) atoms. The molecule has 0 atom stereocenters. The molecule has 3 aromatic carbocycles. The second-order valence-electron chi connectivity index (χ2n) is 7.40. The third kappa shape index (κ3) is 6.42. The van der Waals surface area contributed by atoms with Crippen molar-refractivity contribution < 1.29 is 14.4 Å². The number of rotatable bonds is 7. The average molecular weight is 669 g/mol. The van der Waals surface area contributed by atoms with Crippen LogP contribution < -0.4 is 9.64 Å². The van der Waals surface area contributed by atoms with E-state index in [-0.39, 0.29) is 12.3 Å². The standard InChI is InChI=1S/C24H21I2N3O4/c25-22-13-18(15-27-19-4-6-20(7-5-19)28-8-10-32-11-9-28)14-23(26)24(22)33-16-17-2-1-3-21(12-17)29(30)31/h1-7,12-15H,8-11,16H2. The molecule has 1 saturated heterocycles. The average Bonchev–Trinajstić information content (AvgIpc) is 2.83. The molecule has 0 unspecified atom stereocenters. The maximum absolute atomic E-state index is 11.0. The van der Waals surface area contributed by atoms with Gasteiger partial charge in [0.05, 0.1) is 31.0 Å². The molecule has 9 heteroatoms. The lowest BCUT2D eigenvalue weighted by atomic mass is 10.2. The largest absolute Gasteiger partial charge is 0.487 e. The number of halogens is 2. The molecular weight excluding hydrogens is 648 g/mol. The van der Waals surface area contributed by atoms with Gasteiger partial charge in [-0.3, -0.25) is 15.1 Å². The van der Waals surface area contributed by atoms with Crippen LogP contribution in [0.3, 0.4) is 0 Å². The monoisotopic (exact) mass is 669 g/mol. The molecule has 1 heterocycles. The fourth-order valence-electron chi connectivity index (χ4n) is 3.43. The minimum absolute atomic E-state index is 0.0602. The number of morpholine rings is 1. The first-order valence-corrected chi connectivity index (χ1v) is 12.5. The van der Waals surface area contributed by atoms with Crippen LogP contribution in [0, 0.1) is 17.3 Å². The van der Waals surface area contributed by atoms with E-state index in [1.807, 2.05) is 36.5 Å². The fraction of sp³-hybridized carbons (Fsp3) is 0.208. The molecule has 0 aliphatic carbocycles. The molecule has 0 saturated carbocycles. The van der Waals surface area contributed by atoms with Gasteiger partial charge in [0.25, 0.3) is 5.69 Å². The van der Waals surface area contributed by atoms with Crippen molar-refractivity contribution in [2.75, 3.05) is 31.2 Å². The van der Waals surface area contributed by atoms with Gasteiger partial charge in [-0.05, 0) is 92.7 Å². The predicted octanol–water partition coefficient (Wildman–Crippen LogP) is 5.97. The van der Waals surface area contributed by atoms with Gasteiger partial charge in [-0.1, -0.05) is 12.1 Å². The van der Waals surface area contributed by atoms with E-state index in [0.717, 1.165) is 56.0 Å². The Bertz CT molecular complexity index is 1140. The smallest absolute Gasteiger partial charge is 0.269 e. The number of non-ortho nitro benzene ring substituents is 1. The Kier molecular flexibility index (Phi) is 8.15. The lowest BCUT2D eigenvalue weighted by Gasteiger charge is -2.28. The summed E-state index contributed by atoms with van der Waals surface area (Å²) in [4.78, 5) is 17.5. The second kappa shape index (κ2) is 11.3. The van der Waals surface area contributed by atoms with E-state index in [2.05, 4.69) is 67.2 Å². The van der Waals surface area contributed by atoms with Gasteiger partial charge in [-0.15, -0.1) is 0 Å². The molecular formula is C24H21I2N3O4. The van der Waals surface area contributed by atoms with E-state index in [1.54, 1.807) is 6.07 Å². The van der Waals surface area contributed by atoms with Crippen LogP contribution in [-0.4, -0.2) is 37.4 Å².